The molecule has 3 heterocycles. The standard InChI is InChI=1S/C24H35N7O/c1-25-23(30-14-16-31(17-15-30)24-26-10-3-11-27-24)28-18-20-8-12-29(13-9-20)19-21-4-6-22(32-2)7-5-21/h3-7,10-11,20H,8-9,12-19H2,1-2H3,(H,25,28). The van der Waals surface area contributed by atoms with Gasteiger partial charge in [-0.2, -0.15) is 0 Å². The van der Waals surface area contributed by atoms with Crippen molar-refractivity contribution < 1.29 is 4.74 Å². The second-order valence-electron chi connectivity index (χ2n) is 8.52. The van der Waals surface area contributed by atoms with E-state index in [1.165, 1.54) is 18.4 Å². The number of hydrogen-bond acceptors (Lipinski definition) is 6. The monoisotopic (exact) mass is 437 g/mol. The van der Waals surface area contributed by atoms with Crippen molar-refractivity contribution in [1.29, 1.82) is 0 Å². The SMILES string of the molecule is CN=C(NCC1CCN(Cc2ccc(OC)cc2)CC1)N1CCN(c2ncccn2)CC1. The fraction of sp³-hybridized carbons (Fsp3) is 0.542. The third-order valence-electron chi connectivity index (χ3n) is 6.45. The molecule has 2 aliphatic heterocycles. The maximum absolute atomic E-state index is 5.26. The Kier molecular flexibility index (Phi) is 7.77. The number of rotatable bonds is 6. The Bertz CT molecular complexity index is 842. The Balaban J connectivity index is 1.17. The molecule has 32 heavy (non-hydrogen) atoms. The summed E-state index contributed by atoms with van der Waals surface area (Å²) in [5.74, 6) is 3.44. The number of piperidine rings is 1. The van der Waals surface area contributed by atoms with Crippen molar-refractivity contribution in [3.63, 3.8) is 0 Å². The maximum Gasteiger partial charge on any atom is 0.225 e. The first-order valence-electron chi connectivity index (χ1n) is 11.6. The number of likely N-dealkylation sites (tertiary alicyclic amines) is 1. The van der Waals surface area contributed by atoms with E-state index in [9.17, 15) is 0 Å². The molecule has 0 aliphatic carbocycles. The van der Waals surface area contributed by atoms with E-state index in [1.54, 1.807) is 19.5 Å². The minimum absolute atomic E-state index is 0.692. The van der Waals surface area contributed by atoms with Gasteiger partial charge in [0.05, 0.1) is 7.11 Å². The lowest BCUT2D eigenvalue weighted by Gasteiger charge is -2.37. The summed E-state index contributed by atoms with van der Waals surface area (Å²) >= 11 is 0. The largest absolute Gasteiger partial charge is 0.497 e. The van der Waals surface area contributed by atoms with Crippen molar-refractivity contribution in [3.8, 4) is 5.75 Å². The molecule has 2 fully saturated rings. The highest BCUT2D eigenvalue weighted by Gasteiger charge is 2.23. The summed E-state index contributed by atoms with van der Waals surface area (Å²) in [6, 6.07) is 10.3. The Labute approximate surface area is 191 Å². The fourth-order valence-electron chi connectivity index (χ4n) is 4.48. The van der Waals surface area contributed by atoms with Crippen LogP contribution in [0.3, 0.4) is 0 Å². The Morgan fingerprint density at radius 2 is 1.72 bits per heavy atom. The number of benzene rings is 1. The van der Waals surface area contributed by atoms with E-state index in [2.05, 4.69) is 47.1 Å². The smallest absolute Gasteiger partial charge is 0.225 e. The van der Waals surface area contributed by atoms with Crippen molar-refractivity contribution in [3.05, 3.63) is 48.3 Å². The van der Waals surface area contributed by atoms with Crippen LogP contribution in [0.2, 0.25) is 0 Å². The molecule has 0 spiro atoms. The number of nitrogens with one attached hydrogen (secondary N) is 1. The molecule has 0 unspecified atom stereocenters. The van der Waals surface area contributed by atoms with E-state index < -0.39 is 0 Å². The van der Waals surface area contributed by atoms with Gasteiger partial charge in [-0.25, -0.2) is 9.97 Å². The summed E-state index contributed by atoms with van der Waals surface area (Å²) in [5, 5.41) is 3.63. The van der Waals surface area contributed by atoms with Gasteiger partial charge < -0.3 is 19.9 Å². The second kappa shape index (κ2) is 11.1. The Morgan fingerprint density at radius 3 is 2.34 bits per heavy atom. The zero-order valence-electron chi connectivity index (χ0n) is 19.3. The maximum atomic E-state index is 5.26. The van der Waals surface area contributed by atoms with Crippen molar-refractivity contribution in [1.82, 2.24) is 25.1 Å². The van der Waals surface area contributed by atoms with Gasteiger partial charge >= 0.3 is 0 Å². The molecule has 1 aromatic heterocycles. The van der Waals surface area contributed by atoms with Gasteiger partial charge in [-0.15, -0.1) is 0 Å². The van der Waals surface area contributed by atoms with Gasteiger partial charge in [-0.1, -0.05) is 12.1 Å². The van der Waals surface area contributed by atoms with Gasteiger partial charge in [0.25, 0.3) is 0 Å². The lowest BCUT2D eigenvalue weighted by atomic mass is 9.96. The molecule has 8 nitrogen and oxygen atoms in total. The highest BCUT2D eigenvalue weighted by Crippen LogP contribution is 2.20. The predicted octanol–water partition coefficient (Wildman–Crippen LogP) is 2.09. The first kappa shape index (κ1) is 22.3. The number of nitrogens with zero attached hydrogens (tertiary/aromatic N) is 6. The van der Waals surface area contributed by atoms with Gasteiger partial charge in [-0.3, -0.25) is 9.89 Å². The fourth-order valence-corrected chi connectivity index (χ4v) is 4.48. The molecule has 0 bridgehead atoms. The number of methoxy groups -OCH3 is 1. The van der Waals surface area contributed by atoms with Crippen LogP contribution < -0.4 is 15.0 Å². The van der Waals surface area contributed by atoms with Gasteiger partial charge in [0.1, 0.15) is 5.75 Å². The molecule has 0 amide bonds. The Morgan fingerprint density at radius 1 is 1.03 bits per heavy atom. The Hall–Kier alpha value is -2.87. The van der Waals surface area contributed by atoms with E-state index in [0.717, 1.165) is 70.0 Å². The van der Waals surface area contributed by atoms with Crippen LogP contribution in [0, 0.1) is 5.92 Å². The predicted molar refractivity (Wildman–Crippen MR) is 128 cm³/mol. The first-order chi connectivity index (χ1) is 15.7. The van der Waals surface area contributed by atoms with E-state index in [0.29, 0.717) is 5.92 Å². The lowest BCUT2D eigenvalue weighted by Crippen LogP contribution is -2.53. The molecule has 2 aromatic rings. The normalized spacial score (nSPS) is 18.6. The zero-order valence-corrected chi connectivity index (χ0v) is 19.3. The number of aliphatic imine (C=N–C) groups is 1. The van der Waals surface area contributed by atoms with Gasteiger partial charge in [0, 0.05) is 58.7 Å². The van der Waals surface area contributed by atoms with Crippen LogP contribution >= 0.6 is 0 Å². The van der Waals surface area contributed by atoms with E-state index in [-0.39, 0.29) is 0 Å². The molecule has 4 rings (SSSR count). The molecule has 0 radical (unpaired) electrons. The van der Waals surface area contributed by atoms with Crippen molar-refractivity contribution in [2.45, 2.75) is 19.4 Å². The average molecular weight is 438 g/mol. The van der Waals surface area contributed by atoms with Crippen LogP contribution in [0.25, 0.3) is 0 Å². The van der Waals surface area contributed by atoms with Crippen molar-refractivity contribution >= 4 is 11.9 Å². The topological polar surface area (TPSA) is 69.1 Å². The molecule has 2 aliphatic rings. The summed E-state index contributed by atoms with van der Waals surface area (Å²) in [6.07, 6.45) is 6.05. The quantitative estimate of drug-likeness (QED) is 0.548. The van der Waals surface area contributed by atoms with E-state index >= 15 is 0 Å². The minimum atomic E-state index is 0.692. The third kappa shape index (κ3) is 5.88. The van der Waals surface area contributed by atoms with Crippen LogP contribution in [-0.4, -0.2) is 85.7 Å². The summed E-state index contributed by atoms with van der Waals surface area (Å²) in [6.45, 7) is 7.98. The molecule has 0 saturated carbocycles. The highest BCUT2D eigenvalue weighted by atomic mass is 16.5. The zero-order chi connectivity index (χ0) is 22.2. The van der Waals surface area contributed by atoms with Crippen LogP contribution in [-0.2, 0) is 6.54 Å². The molecule has 8 heteroatoms. The van der Waals surface area contributed by atoms with Crippen LogP contribution in [0.4, 0.5) is 5.95 Å². The van der Waals surface area contributed by atoms with Gasteiger partial charge in [0.2, 0.25) is 5.95 Å². The van der Waals surface area contributed by atoms with Gasteiger partial charge in [0.15, 0.2) is 5.96 Å². The molecular formula is C24H35N7O. The molecular weight excluding hydrogens is 402 g/mol. The summed E-state index contributed by atoms with van der Waals surface area (Å²) in [7, 11) is 3.59. The van der Waals surface area contributed by atoms with E-state index in [4.69, 9.17) is 4.74 Å². The number of aromatic nitrogens is 2. The average Bonchev–Trinajstić information content (AvgIpc) is 2.87. The van der Waals surface area contributed by atoms with E-state index in [1.807, 2.05) is 25.2 Å². The number of anilines is 1. The molecule has 172 valence electrons. The van der Waals surface area contributed by atoms with Crippen LogP contribution in [0.5, 0.6) is 5.75 Å². The third-order valence-corrected chi connectivity index (χ3v) is 6.45. The lowest BCUT2D eigenvalue weighted by molar-refractivity contribution is 0.177. The number of piperazine rings is 1. The number of hydrogen-bond donors (Lipinski definition) is 1. The van der Waals surface area contributed by atoms with Crippen LogP contribution in [0.15, 0.2) is 47.7 Å². The molecule has 0 atom stereocenters. The summed E-state index contributed by atoms with van der Waals surface area (Å²) < 4.78 is 5.26. The highest BCUT2D eigenvalue weighted by molar-refractivity contribution is 5.80. The molecule has 1 aromatic carbocycles. The summed E-state index contributed by atoms with van der Waals surface area (Å²) in [4.78, 5) is 20.4. The second-order valence-corrected chi connectivity index (χ2v) is 8.52. The van der Waals surface area contributed by atoms with Crippen LogP contribution in [0.1, 0.15) is 18.4 Å². The van der Waals surface area contributed by atoms with Crippen molar-refractivity contribution in [2.75, 3.05) is 64.9 Å². The van der Waals surface area contributed by atoms with Crippen molar-refractivity contribution in [2.24, 2.45) is 10.9 Å². The molecule has 2 saturated heterocycles. The molecule has 1 N–H and O–H groups in total. The van der Waals surface area contributed by atoms with Gasteiger partial charge in [-0.05, 0) is 55.6 Å². The number of guanidine groups is 1. The minimum Gasteiger partial charge on any atom is -0.497 e. The first-order valence-corrected chi connectivity index (χ1v) is 11.6. The summed E-state index contributed by atoms with van der Waals surface area (Å²) in [5.41, 5.74) is 1.35. The number of ether oxygens (including phenoxy) is 1.